The zero-order valence-corrected chi connectivity index (χ0v) is 11.4. The van der Waals surface area contributed by atoms with Crippen molar-refractivity contribution in [3.8, 4) is 0 Å². The predicted molar refractivity (Wildman–Crippen MR) is 73.0 cm³/mol. The smallest absolute Gasteiger partial charge is 0.253 e. The zero-order valence-electron chi connectivity index (χ0n) is 11.4. The normalized spacial score (nSPS) is 10.3. The number of aryl methyl sites for hydroxylation is 1. The fraction of sp³-hybridized carbons (Fsp3) is 0.286. The Labute approximate surface area is 116 Å². The largest absolute Gasteiger partial charge is 0.444 e. The fourth-order valence-electron chi connectivity index (χ4n) is 1.80. The Kier molecular flexibility index (Phi) is 4.34. The highest BCUT2D eigenvalue weighted by Gasteiger charge is 2.15. The van der Waals surface area contributed by atoms with Crippen LogP contribution in [-0.2, 0) is 6.54 Å². The summed E-state index contributed by atoms with van der Waals surface area (Å²) in [6.45, 7) is 4.30. The average molecular weight is 277 g/mol. The molecular weight excluding hydrogens is 261 g/mol. The van der Waals surface area contributed by atoms with Gasteiger partial charge in [0.05, 0.1) is 24.0 Å². The second-order valence-corrected chi connectivity index (χ2v) is 4.24. The third-order valence-corrected chi connectivity index (χ3v) is 2.68. The van der Waals surface area contributed by atoms with Crippen molar-refractivity contribution in [3.63, 3.8) is 0 Å². The minimum absolute atomic E-state index is 0.161. The Balaban J connectivity index is 2.10. The van der Waals surface area contributed by atoms with E-state index in [1.807, 2.05) is 6.92 Å². The van der Waals surface area contributed by atoms with Crippen LogP contribution >= 0.6 is 0 Å². The Morgan fingerprint density at radius 1 is 1.45 bits per heavy atom. The molecule has 1 amide bonds. The summed E-state index contributed by atoms with van der Waals surface area (Å²) in [5, 5.41) is 5.51. The topological polar surface area (TPSA) is 67.2 Å². The lowest BCUT2D eigenvalue weighted by Gasteiger charge is -2.11. The van der Waals surface area contributed by atoms with Crippen LogP contribution in [0.15, 0.2) is 28.8 Å². The van der Waals surface area contributed by atoms with Gasteiger partial charge in [0.1, 0.15) is 11.6 Å². The molecular formula is C14H16FN3O2. The number of aromatic nitrogens is 1. The second-order valence-electron chi connectivity index (χ2n) is 4.24. The van der Waals surface area contributed by atoms with Gasteiger partial charge in [-0.3, -0.25) is 4.79 Å². The second kappa shape index (κ2) is 6.18. The van der Waals surface area contributed by atoms with Crippen LogP contribution in [0.2, 0.25) is 0 Å². The molecule has 0 saturated heterocycles. The van der Waals surface area contributed by atoms with Crippen molar-refractivity contribution in [2.75, 3.05) is 11.9 Å². The minimum atomic E-state index is -0.452. The fourth-order valence-corrected chi connectivity index (χ4v) is 1.80. The van der Waals surface area contributed by atoms with Crippen LogP contribution in [0.4, 0.5) is 10.1 Å². The first kappa shape index (κ1) is 14.0. The zero-order chi connectivity index (χ0) is 14.5. The maximum atomic E-state index is 13.7. The molecule has 0 aliphatic rings. The lowest BCUT2D eigenvalue weighted by Crippen LogP contribution is -2.24. The van der Waals surface area contributed by atoms with Crippen molar-refractivity contribution in [3.05, 3.63) is 47.4 Å². The number of nitrogens with one attached hydrogen (secondary N) is 2. The number of amides is 1. The molecule has 6 heteroatoms. The van der Waals surface area contributed by atoms with Gasteiger partial charge >= 0.3 is 0 Å². The van der Waals surface area contributed by atoms with Gasteiger partial charge in [-0.1, -0.05) is 6.07 Å². The van der Waals surface area contributed by atoms with E-state index in [0.717, 1.165) is 0 Å². The maximum absolute atomic E-state index is 13.7. The van der Waals surface area contributed by atoms with E-state index in [1.54, 1.807) is 19.2 Å². The van der Waals surface area contributed by atoms with Crippen molar-refractivity contribution in [1.29, 1.82) is 0 Å². The van der Waals surface area contributed by atoms with Crippen LogP contribution in [0.25, 0.3) is 0 Å². The van der Waals surface area contributed by atoms with Gasteiger partial charge in [-0.25, -0.2) is 9.37 Å². The van der Waals surface area contributed by atoms with Crippen molar-refractivity contribution in [2.45, 2.75) is 20.4 Å². The van der Waals surface area contributed by atoms with E-state index in [-0.39, 0.29) is 23.7 Å². The lowest BCUT2D eigenvalue weighted by molar-refractivity contribution is 0.0947. The molecule has 1 aromatic heterocycles. The molecule has 2 rings (SSSR count). The number of benzene rings is 1. The van der Waals surface area contributed by atoms with Gasteiger partial charge in [-0.05, 0) is 26.0 Å². The Hall–Kier alpha value is -2.37. The summed E-state index contributed by atoms with van der Waals surface area (Å²) in [7, 11) is 0. The number of oxazole rings is 1. The molecule has 2 N–H and O–H groups in total. The summed E-state index contributed by atoms with van der Waals surface area (Å²) in [4.78, 5) is 16.1. The summed E-state index contributed by atoms with van der Waals surface area (Å²) in [5.74, 6) is 0.258. The van der Waals surface area contributed by atoms with Gasteiger partial charge in [0.2, 0.25) is 5.89 Å². The highest BCUT2D eigenvalue weighted by Crippen LogP contribution is 2.19. The van der Waals surface area contributed by atoms with Crippen LogP contribution in [0.3, 0.4) is 0 Å². The van der Waals surface area contributed by atoms with Crippen LogP contribution in [0.1, 0.15) is 28.9 Å². The van der Waals surface area contributed by atoms with E-state index in [2.05, 4.69) is 15.6 Å². The van der Waals surface area contributed by atoms with Crippen molar-refractivity contribution in [1.82, 2.24) is 10.3 Å². The lowest BCUT2D eigenvalue weighted by atomic mass is 10.1. The van der Waals surface area contributed by atoms with E-state index < -0.39 is 5.82 Å². The van der Waals surface area contributed by atoms with Crippen molar-refractivity contribution < 1.29 is 13.6 Å². The number of carbonyl (C=O) groups is 1. The molecule has 0 atom stereocenters. The quantitative estimate of drug-likeness (QED) is 0.881. The number of carbonyl (C=O) groups excluding carboxylic acids is 1. The Morgan fingerprint density at radius 2 is 2.25 bits per heavy atom. The number of hydrogen-bond donors (Lipinski definition) is 2. The highest BCUT2D eigenvalue weighted by molar-refractivity contribution is 5.99. The van der Waals surface area contributed by atoms with Gasteiger partial charge in [0, 0.05) is 6.54 Å². The first-order valence-corrected chi connectivity index (χ1v) is 6.33. The van der Waals surface area contributed by atoms with E-state index in [4.69, 9.17) is 4.42 Å². The third-order valence-electron chi connectivity index (χ3n) is 2.68. The number of nitrogens with zero attached hydrogens (tertiary/aromatic N) is 1. The molecule has 1 aromatic carbocycles. The number of rotatable bonds is 5. The van der Waals surface area contributed by atoms with Gasteiger partial charge in [0.25, 0.3) is 5.91 Å². The highest BCUT2D eigenvalue weighted by atomic mass is 19.1. The number of halogens is 1. The van der Waals surface area contributed by atoms with Crippen LogP contribution < -0.4 is 10.6 Å². The number of anilines is 1. The SMILES string of the molecule is CCNc1c(F)cccc1C(=O)NCc1ncc(C)o1. The molecule has 106 valence electrons. The summed E-state index contributed by atoms with van der Waals surface area (Å²) >= 11 is 0. The summed E-state index contributed by atoms with van der Waals surface area (Å²) in [5.41, 5.74) is 0.464. The van der Waals surface area contributed by atoms with E-state index in [9.17, 15) is 9.18 Å². The molecule has 0 spiro atoms. The molecule has 0 unspecified atom stereocenters. The van der Waals surface area contributed by atoms with Gasteiger partial charge in [-0.15, -0.1) is 0 Å². The summed E-state index contributed by atoms with van der Waals surface area (Å²) < 4.78 is 18.9. The van der Waals surface area contributed by atoms with E-state index >= 15 is 0 Å². The molecule has 0 bridgehead atoms. The third kappa shape index (κ3) is 3.14. The molecule has 2 aromatic rings. The summed E-state index contributed by atoms with van der Waals surface area (Å²) in [6.07, 6.45) is 1.58. The maximum Gasteiger partial charge on any atom is 0.253 e. The van der Waals surface area contributed by atoms with Crippen LogP contribution in [0, 0.1) is 12.7 Å². The van der Waals surface area contributed by atoms with E-state index in [0.29, 0.717) is 18.2 Å². The Morgan fingerprint density at radius 3 is 2.90 bits per heavy atom. The Bertz CT molecular complexity index is 610. The number of para-hydroxylation sites is 1. The van der Waals surface area contributed by atoms with Crippen molar-refractivity contribution in [2.24, 2.45) is 0 Å². The average Bonchev–Trinajstić information content (AvgIpc) is 2.84. The van der Waals surface area contributed by atoms with Crippen molar-refractivity contribution >= 4 is 11.6 Å². The molecule has 5 nitrogen and oxygen atoms in total. The molecule has 0 fully saturated rings. The molecule has 0 aliphatic heterocycles. The van der Waals surface area contributed by atoms with Gasteiger partial charge < -0.3 is 15.1 Å². The van der Waals surface area contributed by atoms with E-state index in [1.165, 1.54) is 12.1 Å². The summed E-state index contributed by atoms with van der Waals surface area (Å²) in [6, 6.07) is 4.38. The number of hydrogen-bond acceptors (Lipinski definition) is 4. The molecule has 20 heavy (non-hydrogen) atoms. The monoisotopic (exact) mass is 277 g/mol. The molecule has 1 heterocycles. The molecule has 0 saturated carbocycles. The van der Waals surface area contributed by atoms with Crippen LogP contribution in [0.5, 0.6) is 0 Å². The predicted octanol–water partition coefficient (Wildman–Crippen LogP) is 2.48. The molecule has 0 aliphatic carbocycles. The van der Waals surface area contributed by atoms with Gasteiger partial charge in [0.15, 0.2) is 0 Å². The standard InChI is InChI=1S/C14H16FN3O2/c1-3-16-13-10(5-4-6-11(13)15)14(19)18-8-12-17-7-9(2)20-12/h4-7,16H,3,8H2,1-2H3,(H,18,19). The molecule has 0 radical (unpaired) electrons. The minimum Gasteiger partial charge on any atom is -0.444 e. The first-order chi connectivity index (χ1) is 9.61. The first-order valence-electron chi connectivity index (χ1n) is 6.33. The van der Waals surface area contributed by atoms with Crippen LogP contribution in [-0.4, -0.2) is 17.4 Å². The van der Waals surface area contributed by atoms with Gasteiger partial charge in [-0.2, -0.15) is 0 Å².